The molecule has 0 atom stereocenters. The summed E-state index contributed by atoms with van der Waals surface area (Å²) in [7, 11) is 0. The summed E-state index contributed by atoms with van der Waals surface area (Å²) >= 11 is 0. The van der Waals surface area contributed by atoms with E-state index in [1.807, 2.05) is 49.4 Å². The molecule has 2 aromatic heterocycles. The molecular formula is C24H23N5O4. The third-order valence-electron chi connectivity index (χ3n) is 5.43. The van der Waals surface area contributed by atoms with Gasteiger partial charge in [0.25, 0.3) is 5.91 Å². The van der Waals surface area contributed by atoms with Crippen molar-refractivity contribution in [2.75, 3.05) is 13.2 Å². The molecule has 9 heteroatoms. The van der Waals surface area contributed by atoms with E-state index in [2.05, 4.69) is 15.6 Å². The summed E-state index contributed by atoms with van der Waals surface area (Å²) in [6, 6.07) is 14.9. The van der Waals surface area contributed by atoms with Gasteiger partial charge in [-0.2, -0.15) is 0 Å². The molecule has 1 aliphatic rings. The van der Waals surface area contributed by atoms with E-state index in [4.69, 9.17) is 9.15 Å². The van der Waals surface area contributed by atoms with Crippen LogP contribution in [0.5, 0.6) is 5.75 Å². The van der Waals surface area contributed by atoms with Gasteiger partial charge in [-0.25, -0.2) is 4.68 Å². The molecule has 5 rings (SSSR count). The van der Waals surface area contributed by atoms with Gasteiger partial charge in [0, 0.05) is 16.5 Å². The van der Waals surface area contributed by atoms with Crippen LogP contribution in [0.4, 0.5) is 0 Å². The highest BCUT2D eigenvalue weighted by Crippen LogP contribution is 2.24. The van der Waals surface area contributed by atoms with Gasteiger partial charge in [0.15, 0.2) is 0 Å². The quantitative estimate of drug-likeness (QED) is 0.483. The fourth-order valence-electron chi connectivity index (χ4n) is 3.91. The van der Waals surface area contributed by atoms with Crippen molar-refractivity contribution in [2.24, 2.45) is 0 Å². The van der Waals surface area contributed by atoms with Crippen molar-refractivity contribution in [1.82, 2.24) is 25.2 Å². The lowest BCUT2D eigenvalue weighted by Gasteiger charge is -2.23. The van der Waals surface area contributed by atoms with E-state index in [0.29, 0.717) is 36.7 Å². The summed E-state index contributed by atoms with van der Waals surface area (Å²) in [6.45, 7) is 3.17. The van der Waals surface area contributed by atoms with Crippen LogP contribution in [0.25, 0.3) is 11.0 Å². The molecule has 33 heavy (non-hydrogen) atoms. The minimum absolute atomic E-state index is 0.0496. The first-order valence-electron chi connectivity index (χ1n) is 10.7. The van der Waals surface area contributed by atoms with Crippen molar-refractivity contribution >= 4 is 22.8 Å². The Morgan fingerprint density at radius 1 is 1.09 bits per heavy atom. The number of amides is 2. The van der Waals surface area contributed by atoms with Gasteiger partial charge in [-0.15, -0.1) is 5.10 Å². The molecule has 4 aromatic rings. The molecule has 0 aliphatic carbocycles. The largest absolute Gasteiger partial charge is 0.491 e. The van der Waals surface area contributed by atoms with E-state index in [0.717, 1.165) is 22.3 Å². The zero-order valence-electron chi connectivity index (χ0n) is 18.2. The summed E-state index contributed by atoms with van der Waals surface area (Å²) in [4.78, 5) is 27.5. The molecule has 0 spiro atoms. The number of carbonyl (C=O) groups is 2. The van der Waals surface area contributed by atoms with Crippen LogP contribution < -0.4 is 10.1 Å². The van der Waals surface area contributed by atoms with Crippen molar-refractivity contribution in [3.05, 3.63) is 77.3 Å². The molecule has 1 aliphatic heterocycles. The molecule has 0 unspecified atom stereocenters. The molecule has 2 amide bonds. The Kier molecular flexibility index (Phi) is 5.52. The van der Waals surface area contributed by atoms with E-state index in [1.165, 1.54) is 4.68 Å². The lowest BCUT2D eigenvalue weighted by atomic mass is 10.1. The lowest BCUT2D eigenvalue weighted by molar-refractivity contribution is -0.122. The van der Waals surface area contributed by atoms with E-state index < -0.39 is 0 Å². The highest BCUT2D eigenvalue weighted by Gasteiger charge is 2.21. The minimum atomic E-state index is -0.183. The van der Waals surface area contributed by atoms with Gasteiger partial charge < -0.3 is 19.4 Å². The number of fused-ring (bicyclic) bond motifs is 4. The average Bonchev–Trinajstić information content (AvgIpc) is 3.40. The monoisotopic (exact) mass is 445 g/mol. The summed E-state index contributed by atoms with van der Waals surface area (Å²) < 4.78 is 13.0. The molecule has 0 saturated heterocycles. The molecule has 3 heterocycles. The number of nitrogens with one attached hydrogen (secondary N) is 1. The lowest BCUT2D eigenvalue weighted by Crippen LogP contribution is -2.32. The van der Waals surface area contributed by atoms with E-state index >= 15 is 0 Å². The number of hydrogen-bond acceptors (Lipinski definition) is 6. The standard InChI is InChI=1S/C24H23N5O4/c1-16-10-19-11-17(6-7-22(19)33-16)24(31)28-12-18-4-2-3-5-21(18)32-9-8-25-23(30)15-29-14-20(13-28)26-27-29/h2-7,10-11,14H,8-9,12-13,15H2,1H3,(H,25,30). The zero-order valence-corrected chi connectivity index (χ0v) is 18.2. The zero-order chi connectivity index (χ0) is 22.8. The minimum Gasteiger partial charge on any atom is -0.491 e. The fourth-order valence-corrected chi connectivity index (χ4v) is 3.91. The number of hydrogen-bond donors (Lipinski definition) is 1. The molecule has 0 saturated carbocycles. The number of nitrogens with zero attached hydrogens (tertiary/aromatic N) is 4. The molecule has 2 aromatic carbocycles. The number of carbonyl (C=O) groups excluding carboxylic acids is 2. The highest BCUT2D eigenvalue weighted by atomic mass is 16.5. The summed E-state index contributed by atoms with van der Waals surface area (Å²) in [5.41, 5.74) is 2.74. The smallest absolute Gasteiger partial charge is 0.254 e. The van der Waals surface area contributed by atoms with Crippen LogP contribution in [0, 0.1) is 6.92 Å². The van der Waals surface area contributed by atoms with Crippen molar-refractivity contribution < 1.29 is 18.7 Å². The highest BCUT2D eigenvalue weighted by molar-refractivity contribution is 5.97. The van der Waals surface area contributed by atoms with Gasteiger partial charge >= 0.3 is 0 Å². The van der Waals surface area contributed by atoms with E-state index in [9.17, 15) is 9.59 Å². The van der Waals surface area contributed by atoms with Gasteiger partial charge in [-0.3, -0.25) is 9.59 Å². The van der Waals surface area contributed by atoms with Gasteiger partial charge in [0.05, 0.1) is 25.8 Å². The number of aromatic nitrogens is 3. The maximum absolute atomic E-state index is 13.6. The van der Waals surface area contributed by atoms with E-state index in [1.54, 1.807) is 17.2 Å². The number of rotatable bonds is 1. The van der Waals surface area contributed by atoms with E-state index in [-0.39, 0.29) is 24.9 Å². The number of ether oxygens (including phenoxy) is 1. The molecule has 0 radical (unpaired) electrons. The Hall–Kier alpha value is -4.14. The first-order chi connectivity index (χ1) is 16.0. The molecule has 1 N–H and O–H groups in total. The maximum Gasteiger partial charge on any atom is 0.254 e. The van der Waals surface area contributed by atoms with Crippen molar-refractivity contribution in [3.63, 3.8) is 0 Å². The summed E-state index contributed by atoms with van der Waals surface area (Å²) in [5.74, 6) is 1.13. The molecule has 0 fully saturated rings. The Morgan fingerprint density at radius 2 is 1.97 bits per heavy atom. The van der Waals surface area contributed by atoms with Gasteiger partial charge in [-0.05, 0) is 37.3 Å². The molecule has 2 bridgehead atoms. The third-order valence-corrected chi connectivity index (χ3v) is 5.43. The van der Waals surface area contributed by atoms with Gasteiger partial charge in [0.1, 0.15) is 35.9 Å². The third kappa shape index (κ3) is 4.57. The Morgan fingerprint density at radius 3 is 2.88 bits per heavy atom. The number of furan rings is 1. The normalized spacial score (nSPS) is 14.8. The van der Waals surface area contributed by atoms with Crippen LogP contribution in [0.2, 0.25) is 0 Å². The SMILES string of the molecule is Cc1cc2cc(C(=O)N3Cc4cn(nn4)CC(=O)NCCOc4ccccc4C3)ccc2o1. The van der Waals surface area contributed by atoms with Crippen LogP contribution in [-0.4, -0.2) is 44.9 Å². The molecule has 168 valence electrons. The second-order valence-corrected chi connectivity index (χ2v) is 7.98. The van der Waals surface area contributed by atoms with Crippen LogP contribution in [0.1, 0.15) is 27.4 Å². The maximum atomic E-state index is 13.6. The number of benzene rings is 2. The van der Waals surface area contributed by atoms with Crippen molar-refractivity contribution in [1.29, 1.82) is 0 Å². The Bertz CT molecular complexity index is 1330. The predicted molar refractivity (Wildman–Crippen MR) is 119 cm³/mol. The average molecular weight is 445 g/mol. The number of para-hydroxylation sites is 1. The first-order valence-corrected chi connectivity index (χ1v) is 10.7. The van der Waals surface area contributed by atoms with Crippen LogP contribution in [0.3, 0.4) is 0 Å². The summed E-state index contributed by atoms with van der Waals surface area (Å²) in [6.07, 6.45) is 1.69. The van der Waals surface area contributed by atoms with Crippen LogP contribution >= 0.6 is 0 Å². The summed E-state index contributed by atoms with van der Waals surface area (Å²) in [5, 5.41) is 11.9. The predicted octanol–water partition coefficient (Wildman–Crippen LogP) is 2.68. The van der Waals surface area contributed by atoms with Crippen LogP contribution in [-0.2, 0) is 24.4 Å². The molecule has 9 nitrogen and oxygen atoms in total. The van der Waals surface area contributed by atoms with Gasteiger partial charge in [-0.1, -0.05) is 23.4 Å². The Balaban J connectivity index is 1.51. The number of aryl methyl sites for hydroxylation is 1. The van der Waals surface area contributed by atoms with Crippen molar-refractivity contribution in [2.45, 2.75) is 26.6 Å². The Labute approximate surface area is 189 Å². The fraction of sp³-hybridized carbons (Fsp3) is 0.250. The first kappa shape index (κ1) is 20.7. The van der Waals surface area contributed by atoms with Crippen LogP contribution in [0.15, 0.2) is 59.1 Å². The molecular weight excluding hydrogens is 422 g/mol. The van der Waals surface area contributed by atoms with Crippen molar-refractivity contribution in [3.8, 4) is 5.75 Å². The van der Waals surface area contributed by atoms with Gasteiger partial charge in [0.2, 0.25) is 5.91 Å². The second kappa shape index (κ2) is 8.78. The second-order valence-electron chi connectivity index (χ2n) is 7.98. The topological polar surface area (TPSA) is 102 Å².